The van der Waals surface area contributed by atoms with E-state index in [4.69, 9.17) is 4.74 Å². The van der Waals surface area contributed by atoms with Gasteiger partial charge in [0.1, 0.15) is 0 Å². The molecular formula is C27H40F4O. The largest absolute Gasteiger partial charge is 0.378 e. The Morgan fingerprint density at radius 2 is 1.72 bits per heavy atom. The molecule has 0 amide bonds. The lowest BCUT2D eigenvalue weighted by Crippen LogP contribution is -2.36. The average molecular weight is 457 g/mol. The van der Waals surface area contributed by atoms with Gasteiger partial charge in [-0.1, -0.05) is 51.7 Å². The van der Waals surface area contributed by atoms with Gasteiger partial charge in [-0.05, 0) is 68.4 Å². The van der Waals surface area contributed by atoms with E-state index < -0.39 is 23.5 Å². The highest BCUT2D eigenvalue weighted by Gasteiger charge is 2.44. The lowest BCUT2D eigenvalue weighted by Gasteiger charge is -2.36. The van der Waals surface area contributed by atoms with Gasteiger partial charge in [-0.25, -0.2) is 17.6 Å². The summed E-state index contributed by atoms with van der Waals surface area (Å²) in [6.07, 6.45) is 9.43. The molecule has 3 rings (SSSR count). The molecule has 0 spiro atoms. The summed E-state index contributed by atoms with van der Waals surface area (Å²) in [6.45, 7) is 4.62. The number of benzene rings is 1. The van der Waals surface area contributed by atoms with E-state index in [1.165, 1.54) is 0 Å². The van der Waals surface area contributed by atoms with Crippen molar-refractivity contribution in [1.29, 1.82) is 0 Å². The van der Waals surface area contributed by atoms with Gasteiger partial charge in [0.15, 0.2) is 11.6 Å². The van der Waals surface area contributed by atoms with E-state index in [-0.39, 0.29) is 24.4 Å². The zero-order valence-electron chi connectivity index (χ0n) is 19.8. The maximum Gasteiger partial charge on any atom is 0.251 e. The van der Waals surface area contributed by atoms with Gasteiger partial charge in [-0.2, -0.15) is 0 Å². The quantitative estimate of drug-likeness (QED) is 0.253. The predicted molar refractivity (Wildman–Crippen MR) is 121 cm³/mol. The summed E-state index contributed by atoms with van der Waals surface area (Å²) in [5, 5.41) is 0. The van der Waals surface area contributed by atoms with Crippen molar-refractivity contribution in [3.63, 3.8) is 0 Å². The predicted octanol–water partition coefficient (Wildman–Crippen LogP) is 8.59. The molecule has 0 radical (unpaired) electrons. The van der Waals surface area contributed by atoms with Crippen molar-refractivity contribution in [2.24, 2.45) is 11.8 Å². The number of unbranched alkanes of at least 4 members (excludes halogenated alkanes) is 2. The first kappa shape index (κ1) is 25.5. The van der Waals surface area contributed by atoms with Crippen LogP contribution in [-0.4, -0.2) is 18.6 Å². The molecule has 1 saturated heterocycles. The smallest absolute Gasteiger partial charge is 0.251 e. The fourth-order valence-electron chi connectivity index (χ4n) is 5.62. The van der Waals surface area contributed by atoms with Crippen LogP contribution in [0.2, 0.25) is 0 Å². The van der Waals surface area contributed by atoms with E-state index in [9.17, 15) is 17.6 Å². The second-order valence-electron chi connectivity index (χ2n) is 10.1. The van der Waals surface area contributed by atoms with Crippen LogP contribution in [0.4, 0.5) is 17.6 Å². The number of rotatable bonds is 10. The molecule has 4 unspecified atom stereocenters. The Kier molecular flexibility index (Phi) is 9.45. The molecule has 2 fully saturated rings. The van der Waals surface area contributed by atoms with Gasteiger partial charge in [0.2, 0.25) is 0 Å². The minimum atomic E-state index is -2.64. The molecule has 32 heavy (non-hydrogen) atoms. The van der Waals surface area contributed by atoms with Crippen molar-refractivity contribution in [2.45, 2.75) is 115 Å². The molecule has 1 heterocycles. The van der Waals surface area contributed by atoms with Crippen LogP contribution in [0.3, 0.4) is 0 Å². The van der Waals surface area contributed by atoms with Gasteiger partial charge in [-0.3, -0.25) is 0 Å². The summed E-state index contributed by atoms with van der Waals surface area (Å²) in [4.78, 5) is 0. The van der Waals surface area contributed by atoms with E-state index >= 15 is 0 Å². The van der Waals surface area contributed by atoms with E-state index in [2.05, 4.69) is 13.8 Å². The highest BCUT2D eigenvalue weighted by Crippen LogP contribution is 2.45. The molecule has 1 nitrogen and oxygen atoms in total. The summed E-state index contributed by atoms with van der Waals surface area (Å²) >= 11 is 0. The van der Waals surface area contributed by atoms with Crippen LogP contribution >= 0.6 is 0 Å². The van der Waals surface area contributed by atoms with Crippen molar-refractivity contribution < 1.29 is 22.3 Å². The first-order valence-corrected chi connectivity index (χ1v) is 12.8. The van der Waals surface area contributed by atoms with Crippen LogP contribution in [0, 0.1) is 23.5 Å². The minimum Gasteiger partial charge on any atom is -0.378 e. The third kappa shape index (κ3) is 6.48. The Morgan fingerprint density at radius 3 is 2.38 bits per heavy atom. The van der Waals surface area contributed by atoms with Gasteiger partial charge >= 0.3 is 0 Å². The Bertz CT molecular complexity index is 712. The average Bonchev–Trinajstić information content (AvgIpc) is 2.77. The van der Waals surface area contributed by atoms with Gasteiger partial charge < -0.3 is 4.74 Å². The zero-order chi connectivity index (χ0) is 23.1. The van der Waals surface area contributed by atoms with Crippen LogP contribution < -0.4 is 0 Å². The van der Waals surface area contributed by atoms with Crippen LogP contribution in [0.1, 0.15) is 108 Å². The highest BCUT2D eigenvalue weighted by molar-refractivity contribution is 5.29. The van der Waals surface area contributed by atoms with Gasteiger partial charge in [0.05, 0.1) is 12.7 Å². The van der Waals surface area contributed by atoms with Crippen LogP contribution in [0.15, 0.2) is 12.1 Å². The molecular weight excluding hydrogens is 416 g/mol. The number of hydrogen-bond acceptors (Lipinski definition) is 1. The van der Waals surface area contributed by atoms with E-state index in [1.807, 2.05) is 0 Å². The second-order valence-corrected chi connectivity index (χ2v) is 10.1. The van der Waals surface area contributed by atoms with Gasteiger partial charge in [0.25, 0.3) is 5.92 Å². The van der Waals surface area contributed by atoms with Crippen molar-refractivity contribution in [3.8, 4) is 0 Å². The summed E-state index contributed by atoms with van der Waals surface area (Å²) in [5.41, 5.74) is 0.695. The highest BCUT2D eigenvalue weighted by atomic mass is 19.3. The van der Waals surface area contributed by atoms with Crippen LogP contribution in [0.5, 0.6) is 0 Å². The molecule has 1 aromatic carbocycles. The van der Waals surface area contributed by atoms with Crippen molar-refractivity contribution >= 4 is 0 Å². The van der Waals surface area contributed by atoms with Crippen LogP contribution in [-0.2, 0) is 11.2 Å². The molecule has 4 atom stereocenters. The monoisotopic (exact) mass is 456 g/mol. The van der Waals surface area contributed by atoms with Crippen molar-refractivity contribution in [1.82, 2.24) is 0 Å². The van der Waals surface area contributed by atoms with Crippen molar-refractivity contribution in [3.05, 3.63) is 34.9 Å². The molecule has 1 aromatic rings. The molecule has 0 N–H and O–H groups in total. The molecule has 5 heteroatoms. The lowest BCUT2D eigenvalue weighted by molar-refractivity contribution is -0.106. The molecule has 1 aliphatic heterocycles. The molecule has 182 valence electrons. The topological polar surface area (TPSA) is 9.23 Å². The molecule has 0 bridgehead atoms. The van der Waals surface area contributed by atoms with E-state index in [0.717, 1.165) is 51.4 Å². The van der Waals surface area contributed by atoms with E-state index in [1.54, 1.807) is 12.1 Å². The summed E-state index contributed by atoms with van der Waals surface area (Å²) in [7, 11) is 0. The SMILES string of the molecule is CCCCCC1CCC(CCc2ccc(C3CCC(CCC)OC3)c(F)c2F)CC1(F)F. The Balaban J connectivity index is 1.53. The summed E-state index contributed by atoms with van der Waals surface area (Å²) in [6, 6.07) is 3.33. The molecule has 2 aliphatic rings. The summed E-state index contributed by atoms with van der Waals surface area (Å²) in [5.74, 6) is -4.99. The standard InChI is InChI=1S/C27H40F4O/c1-3-5-6-8-22-14-10-19(17-27(22,30)31)9-11-20-13-16-24(26(29)25(20)28)21-12-15-23(7-4-2)32-18-21/h13,16,19,21-23H,3-12,14-15,17-18H2,1-2H3. The van der Waals surface area contributed by atoms with Crippen molar-refractivity contribution in [2.75, 3.05) is 6.61 Å². The first-order valence-electron chi connectivity index (χ1n) is 12.8. The number of alkyl halides is 2. The summed E-state index contributed by atoms with van der Waals surface area (Å²) < 4.78 is 64.7. The number of hydrogen-bond donors (Lipinski definition) is 0. The Labute approximate surface area is 191 Å². The number of halogens is 4. The number of aryl methyl sites for hydroxylation is 1. The normalized spacial score (nSPS) is 28.1. The minimum absolute atomic E-state index is 0.117. The fraction of sp³-hybridized carbons (Fsp3) is 0.778. The zero-order valence-corrected chi connectivity index (χ0v) is 19.8. The molecule has 1 saturated carbocycles. The maximum absolute atomic E-state index is 14.8. The van der Waals surface area contributed by atoms with Gasteiger partial charge in [-0.15, -0.1) is 0 Å². The van der Waals surface area contributed by atoms with Gasteiger partial charge in [0, 0.05) is 18.3 Å². The fourth-order valence-corrected chi connectivity index (χ4v) is 5.62. The van der Waals surface area contributed by atoms with Crippen LogP contribution in [0.25, 0.3) is 0 Å². The third-order valence-electron chi connectivity index (χ3n) is 7.67. The second kappa shape index (κ2) is 11.9. The lowest BCUT2D eigenvalue weighted by atomic mass is 9.75. The third-order valence-corrected chi connectivity index (χ3v) is 7.67. The first-order chi connectivity index (χ1) is 15.4. The number of ether oxygens (including phenoxy) is 1. The van der Waals surface area contributed by atoms with E-state index in [0.29, 0.717) is 43.4 Å². The maximum atomic E-state index is 14.8. The molecule has 1 aliphatic carbocycles. The molecule has 0 aromatic heterocycles. The Morgan fingerprint density at radius 1 is 0.906 bits per heavy atom. The Hall–Kier alpha value is -1.10.